The van der Waals surface area contributed by atoms with Crippen molar-refractivity contribution in [2.45, 2.75) is 16.5 Å². The molecular formula is C11H17N5O3S2. The number of rotatable bonds is 7. The molecule has 0 unspecified atom stereocenters. The molecule has 0 saturated carbocycles. The van der Waals surface area contributed by atoms with Crippen LogP contribution in [0.15, 0.2) is 4.34 Å². The molecule has 0 bridgehead atoms. The number of carbonyl (C=O) groups is 2. The maximum atomic E-state index is 12.1. The zero-order valence-electron chi connectivity index (χ0n) is 11.8. The van der Waals surface area contributed by atoms with Gasteiger partial charge in [0.1, 0.15) is 0 Å². The molecule has 0 radical (unpaired) electrons. The van der Waals surface area contributed by atoms with Crippen LogP contribution in [0.25, 0.3) is 0 Å². The number of hydrogen-bond donors (Lipinski definition) is 2. The molecule has 1 aliphatic rings. The number of nitrogens with one attached hydrogen (secondary N) is 2. The van der Waals surface area contributed by atoms with Gasteiger partial charge in [0.05, 0.1) is 11.9 Å². The quantitative estimate of drug-likeness (QED) is 0.559. The predicted molar refractivity (Wildman–Crippen MR) is 80.7 cm³/mol. The Balaban J connectivity index is 1.86. The van der Waals surface area contributed by atoms with Gasteiger partial charge in [0.2, 0.25) is 11.0 Å². The number of ether oxygens (including phenoxy) is 1. The predicted octanol–water partition coefficient (Wildman–Crippen LogP) is 0.629. The number of urea groups is 1. The highest BCUT2D eigenvalue weighted by molar-refractivity contribution is 8.02. The van der Waals surface area contributed by atoms with Crippen molar-refractivity contribution >= 4 is 40.2 Å². The van der Waals surface area contributed by atoms with E-state index in [2.05, 4.69) is 20.8 Å². The summed E-state index contributed by atoms with van der Waals surface area (Å²) in [7, 11) is 1.63. The minimum Gasteiger partial charge on any atom is -0.383 e. The maximum Gasteiger partial charge on any atom is 0.324 e. The normalized spacial score (nSPS) is 15.9. The van der Waals surface area contributed by atoms with Gasteiger partial charge in [0.15, 0.2) is 4.34 Å². The first-order valence-corrected chi connectivity index (χ1v) is 8.13. The molecule has 10 heteroatoms. The van der Waals surface area contributed by atoms with Crippen molar-refractivity contribution in [3.8, 4) is 0 Å². The van der Waals surface area contributed by atoms with Gasteiger partial charge in [0, 0.05) is 26.7 Å². The SMILES string of the molecule is COCCNc1nnc(S[C@H](C)C(=O)N2CCNC2=O)s1. The number of amides is 3. The monoisotopic (exact) mass is 331 g/mol. The average Bonchev–Trinajstić information content (AvgIpc) is 3.07. The topological polar surface area (TPSA) is 96.4 Å². The summed E-state index contributed by atoms with van der Waals surface area (Å²) >= 11 is 2.68. The Morgan fingerprint density at radius 2 is 2.43 bits per heavy atom. The van der Waals surface area contributed by atoms with Crippen molar-refractivity contribution in [3.05, 3.63) is 0 Å². The highest BCUT2D eigenvalue weighted by atomic mass is 32.2. The van der Waals surface area contributed by atoms with E-state index >= 15 is 0 Å². The van der Waals surface area contributed by atoms with Gasteiger partial charge >= 0.3 is 6.03 Å². The van der Waals surface area contributed by atoms with Crippen LogP contribution in [0.2, 0.25) is 0 Å². The second kappa shape index (κ2) is 7.57. The Labute approximate surface area is 130 Å². The van der Waals surface area contributed by atoms with E-state index in [4.69, 9.17) is 4.74 Å². The molecule has 1 aromatic heterocycles. The Morgan fingerprint density at radius 3 is 3.10 bits per heavy atom. The van der Waals surface area contributed by atoms with Crippen molar-refractivity contribution in [3.63, 3.8) is 0 Å². The minimum absolute atomic E-state index is 0.209. The van der Waals surface area contributed by atoms with E-state index in [0.717, 1.165) is 0 Å². The van der Waals surface area contributed by atoms with E-state index in [1.807, 2.05) is 0 Å². The summed E-state index contributed by atoms with van der Waals surface area (Å²) in [4.78, 5) is 24.8. The third-order valence-corrected chi connectivity index (χ3v) is 4.79. The summed E-state index contributed by atoms with van der Waals surface area (Å²) in [6, 6.07) is -0.327. The molecular weight excluding hydrogens is 314 g/mol. The standard InChI is InChI=1S/C11H17N5O3S2/c1-7(8(17)16-5-3-13-10(16)18)20-11-15-14-9(21-11)12-4-6-19-2/h7H,3-6H2,1-2H3,(H,12,14)(H,13,18)/t7-/m1/s1. The fraction of sp³-hybridized carbons (Fsp3) is 0.636. The van der Waals surface area contributed by atoms with Crippen molar-refractivity contribution in [2.24, 2.45) is 0 Å². The summed E-state index contributed by atoms with van der Waals surface area (Å²) in [6.07, 6.45) is 0. The molecule has 2 heterocycles. The molecule has 0 aliphatic carbocycles. The number of imide groups is 1. The van der Waals surface area contributed by atoms with Gasteiger partial charge in [0.25, 0.3) is 0 Å². The van der Waals surface area contributed by atoms with E-state index in [1.54, 1.807) is 14.0 Å². The van der Waals surface area contributed by atoms with Crippen LogP contribution in [0.1, 0.15) is 6.92 Å². The zero-order valence-corrected chi connectivity index (χ0v) is 13.4. The van der Waals surface area contributed by atoms with Crippen LogP contribution < -0.4 is 10.6 Å². The van der Waals surface area contributed by atoms with Crippen LogP contribution in [0.4, 0.5) is 9.93 Å². The van der Waals surface area contributed by atoms with Gasteiger partial charge in [-0.1, -0.05) is 23.1 Å². The first-order chi connectivity index (χ1) is 10.1. The molecule has 3 amide bonds. The summed E-state index contributed by atoms with van der Waals surface area (Å²) in [5.74, 6) is -0.209. The van der Waals surface area contributed by atoms with Crippen molar-refractivity contribution in [1.82, 2.24) is 20.4 Å². The minimum atomic E-state index is -0.381. The Morgan fingerprint density at radius 1 is 1.62 bits per heavy atom. The molecule has 1 fully saturated rings. The van der Waals surface area contributed by atoms with Gasteiger partial charge in [-0.3, -0.25) is 9.69 Å². The number of hydrogen-bond acceptors (Lipinski definition) is 8. The van der Waals surface area contributed by atoms with Crippen LogP contribution in [0.5, 0.6) is 0 Å². The smallest absolute Gasteiger partial charge is 0.324 e. The third-order valence-electron chi connectivity index (χ3n) is 2.74. The fourth-order valence-corrected chi connectivity index (χ4v) is 3.68. The molecule has 1 saturated heterocycles. The lowest BCUT2D eigenvalue weighted by atomic mass is 10.4. The lowest BCUT2D eigenvalue weighted by Gasteiger charge is -2.16. The average molecular weight is 331 g/mol. The highest BCUT2D eigenvalue weighted by Crippen LogP contribution is 2.29. The van der Waals surface area contributed by atoms with E-state index < -0.39 is 0 Å². The van der Waals surface area contributed by atoms with Crippen LogP contribution in [-0.4, -0.2) is 65.6 Å². The molecule has 21 heavy (non-hydrogen) atoms. The summed E-state index contributed by atoms with van der Waals surface area (Å²) in [6.45, 7) is 3.92. The van der Waals surface area contributed by atoms with Crippen LogP contribution in [0.3, 0.4) is 0 Å². The summed E-state index contributed by atoms with van der Waals surface area (Å²) < 4.78 is 5.62. The van der Waals surface area contributed by atoms with Gasteiger partial charge < -0.3 is 15.4 Å². The summed E-state index contributed by atoms with van der Waals surface area (Å²) in [5.41, 5.74) is 0. The maximum absolute atomic E-state index is 12.1. The van der Waals surface area contributed by atoms with Gasteiger partial charge in [-0.2, -0.15) is 0 Å². The number of aromatic nitrogens is 2. The van der Waals surface area contributed by atoms with E-state index in [0.29, 0.717) is 35.7 Å². The van der Waals surface area contributed by atoms with Crippen molar-refractivity contribution in [1.29, 1.82) is 0 Å². The van der Waals surface area contributed by atoms with Gasteiger partial charge in [-0.15, -0.1) is 10.2 Å². The van der Waals surface area contributed by atoms with E-state index in [1.165, 1.54) is 28.0 Å². The lowest BCUT2D eigenvalue weighted by molar-refractivity contribution is -0.126. The molecule has 0 spiro atoms. The van der Waals surface area contributed by atoms with Crippen LogP contribution in [-0.2, 0) is 9.53 Å². The van der Waals surface area contributed by atoms with Crippen molar-refractivity contribution in [2.75, 3.05) is 38.7 Å². The number of methoxy groups -OCH3 is 1. The molecule has 1 aromatic rings. The van der Waals surface area contributed by atoms with E-state index in [9.17, 15) is 9.59 Å². The second-order valence-corrected chi connectivity index (χ2v) is 6.84. The number of thioether (sulfide) groups is 1. The molecule has 2 N–H and O–H groups in total. The lowest BCUT2D eigenvalue weighted by Crippen LogP contribution is -2.38. The molecule has 116 valence electrons. The summed E-state index contributed by atoms with van der Waals surface area (Å²) in [5, 5.41) is 14.0. The van der Waals surface area contributed by atoms with E-state index in [-0.39, 0.29) is 17.2 Å². The number of anilines is 1. The van der Waals surface area contributed by atoms with Gasteiger partial charge in [-0.05, 0) is 6.92 Å². The number of nitrogens with zero attached hydrogens (tertiary/aromatic N) is 3. The molecule has 1 atom stereocenters. The van der Waals surface area contributed by atoms with Crippen LogP contribution >= 0.6 is 23.1 Å². The second-order valence-electron chi connectivity index (χ2n) is 4.27. The first-order valence-electron chi connectivity index (χ1n) is 6.44. The van der Waals surface area contributed by atoms with Gasteiger partial charge in [-0.25, -0.2) is 4.79 Å². The van der Waals surface area contributed by atoms with Crippen LogP contribution in [0, 0.1) is 0 Å². The van der Waals surface area contributed by atoms with Crippen molar-refractivity contribution < 1.29 is 14.3 Å². The Hall–Kier alpha value is -1.39. The Bertz CT molecular complexity index is 510. The first kappa shape index (κ1) is 16.0. The largest absolute Gasteiger partial charge is 0.383 e. The highest BCUT2D eigenvalue weighted by Gasteiger charge is 2.30. The number of carbonyl (C=O) groups excluding carboxylic acids is 2. The molecule has 1 aliphatic heterocycles. The zero-order chi connectivity index (χ0) is 15.2. The fourth-order valence-electron chi connectivity index (χ4n) is 1.69. The Kier molecular flexibility index (Phi) is 5.76. The third kappa shape index (κ3) is 4.29. The molecule has 0 aromatic carbocycles. The molecule has 8 nitrogen and oxygen atoms in total. The molecule has 2 rings (SSSR count).